The molecule has 2 atom stereocenters. The Labute approximate surface area is 208 Å². The minimum absolute atomic E-state index is 0.0888. The van der Waals surface area contributed by atoms with Crippen molar-refractivity contribution in [2.24, 2.45) is 0 Å². The molecule has 2 unspecified atom stereocenters. The Hall–Kier alpha value is -3.46. The van der Waals surface area contributed by atoms with Crippen LogP contribution in [-0.4, -0.2) is 48.4 Å². The topological polar surface area (TPSA) is 82.5 Å². The summed E-state index contributed by atoms with van der Waals surface area (Å²) in [6.07, 6.45) is 3.80. The van der Waals surface area contributed by atoms with E-state index in [0.29, 0.717) is 28.8 Å². The van der Waals surface area contributed by atoms with Gasteiger partial charge in [0.1, 0.15) is 17.3 Å². The molecule has 0 saturated heterocycles. The lowest BCUT2D eigenvalue weighted by Gasteiger charge is -2.44. The average Bonchev–Trinajstić information content (AvgIpc) is 2.77. The second kappa shape index (κ2) is 10.7. The molecule has 1 aliphatic rings. The van der Waals surface area contributed by atoms with Crippen LogP contribution in [0.15, 0.2) is 30.3 Å². The lowest BCUT2D eigenvalue weighted by Crippen LogP contribution is -2.48. The minimum Gasteiger partial charge on any atom is -0.466 e. The van der Waals surface area contributed by atoms with Gasteiger partial charge in [-0.25, -0.2) is 18.0 Å². The molecule has 192 valence electrons. The first kappa shape index (κ1) is 27.1. The summed E-state index contributed by atoms with van der Waals surface area (Å²) in [4.78, 5) is 24.8. The fraction of sp³-hybridized carbons (Fsp3) is 0.370. The third-order valence-electron chi connectivity index (χ3n) is 6.09. The Bertz CT molecular complexity index is 1200. The molecule has 1 aliphatic heterocycles. The molecule has 0 bridgehead atoms. The Balaban J connectivity index is 2.24. The zero-order valence-corrected chi connectivity index (χ0v) is 20.9. The number of rotatable bonds is 7. The molecule has 2 aromatic rings. The smallest absolute Gasteiger partial charge is 0.330 e. The molecule has 2 N–H and O–H groups in total. The molecule has 3 rings (SSSR count). The van der Waals surface area contributed by atoms with Gasteiger partial charge in [-0.2, -0.15) is 0 Å². The molecular formula is C27H30F3N3O3. The number of halogens is 3. The third kappa shape index (κ3) is 5.84. The van der Waals surface area contributed by atoms with Gasteiger partial charge in [0, 0.05) is 48.6 Å². The zero-order valence-electron chi connectivity index (χ0n) is 20.9. The Morgan fingerprint density at radius 2 is 1.89 bits per heavy atom. The van der Waals surface area contributed by atoms with Gasteiger partial charge in [-0.05, 0) is 68.2 Å². The average molecular weight is 502 g/mol. The standard InChI is InChI=1S/C27H30F3N3O3/c1-15-10-19-18(7-8-23(20(19)13-31)32-16(2)34)26(33(15)14-27(3,4)30)25-21(28)11-17(12-22(25)29)6-9-24(35)36-5/h6-9,11-13,15,26,31H,10,14H2,1-5H3,(H,32,34)/b9-6+,31-13?. The summed E-state index contributed by atoms with van der Waals surface area (Å²) in [7, 11) is 1.19. The first-order chi connectivity index (χ1) is 16.9. The highest BCUT2D eigenvalue weighted by Crippen LogP contribution is 2.43. The normalized spacial score (nSPS) is 18.1. The molecule has 6 nitrogen and oxygen atoms in total. The number of esters is 1. The van der Waals surface area contributed by atoms with Gasteiger partial charge >= 0.3 is 5.97 Å². The molecule has 2 aromatic carbocycles. The molecule has 0 aromatic heterocycles. The first-order valence-electron chi connectivity index (χ1n) is 11.5. The van der Waals surface area contributed by atoms with Gasteiger partial charge in [-0.1, -0.05) is 6.07 Å². The van der Waals surface area contributed by atoms with E-state index in [2.05, 4.69) is 10.1 Å². The van der Waals surface area contributed by atoms with Crippen LogP contribution in [0.25, 0.3) is 6.08 Å². The predicted molar refractivity (Wildman–Crippen MR) is 133 cm³/mol. The predicted octanol–water partition coefficient (Wildman–Crippen LogP) is 5.19. The van der Waals surface area contributed by atoms with Crippen molar-refractivity contribution in [1.29, 1.82) is 5.41 Å². The van der Waals surface area contributed by atoms with Gasteiger partial charge < -0.3 is 15.5 Å². The summed E-state index contributed by atoms with van der Waals surface area (Å²) >= 11 is 0. The van der Waals surface area contributed by atoms with Crippen LogP contribution >= 0.6 is 0 Å². The largest absolute Gasteiger partial charge is 0.466 e. The van der Waals surface area contributed by atoms with E-state index < -0.39 is 29.3 Å². The van der Waals surface area contributed by atoms with Gasteiger partial charge in [0.25, 0.3) is 0 Å². The fourth-order valence-corrected chi connectivity index (χ4v) is 4.67. The molecule has 0 radical (unpaired) electrons. The van der Waals surface area contributed by atoms with Crippen molar-refractivity contribution < 1.29 is 27.5 Å². The Morgan fingerprint density at radius 3 is 2.42 bits per heavy atom. The minimum atomic E-state index is -1.65. The van der Waals surface area contributed by atoms with E-state index in [4.69, 9.17) is 5.41 Å². The molecule has 9 heteroatoms. The Kier molecular flexibility index (Phi) is 8.03. The van der Waals surface area contributed by atoms with Crippen LogP contribution < -0.4 is 5.32 Å². The molecule has 0 fully saturated rings. The molecule has 0 aliphatic carbocycles. The maximum Gasteiger partial charge on any atom is 0.330 e. The van der Waals surface area contributed by atoms with Crippen molar-refractivity contribution in [1.82, 2.24) is 4.90 Å². The fourth-order valence-electron chi connectivity index (χ4n) is 4.67. The van der Waals surface area contributed by atoms with Gasteiger partial charge in [0.15, 0.2) is 0 Å². The monoisotopic (exact) mass is 501 g/mol. The number of hydrogen-bond acceptors (Lipinski definition) is 5. The summed E-state index contributed by atoms with van der Waals surface area (Å²) in [5.74, 6) is -2.69. The lowest BCUT2D eigenvalue weighted by atomic mass is 9.81. The Morgan fingerprint density at radius 1 is 1.25 bits per heavy atom. The quantitative estimate of drug-likeness (QED) is 0.311. The second-order valence-electron chi connectivity index (χ2n) is 9.52. The van der Waals surface area contributed by atoms with E-state index in [1.165, 1.54) is 34.0 Å². The van der Waals surface area contributed by atoms with Crippen LogP contribution in [0.4, 0.5) is 18.9 Å². The van der Waals surface area contributed by atoms with Gasteiger partial charge in [0.05, 0.1) is 13.2 Å². The number of amides is 1. The van der Waals surface area contributed by atoms with Crippen LogP contribution in [0.3, 0.4) is 0 Å². The summed E-state index contributed by atoms with van der Waals surface area (Å²) in [6.45, 7) is 5.91. The van der Waals surface area contributed by atoms with Gasteiger partial charge in [-0.3, -0.25) is 9.69 Å². The third-order valence-corrected chi connectivity index (χ3v) is 6.09. The molecule has 36 heavy (non-hydrogen) atoms. The number of alkyl halides is 1. The number of ether oxygens (including phenoxy) is 1. The van der Waals surface area contributed by atoms with E-state index >= 15 is 8.78 Å². The van der Waals surface area contributed by atoms with Crippen LogP contribution in [0.1, 0.15) is 61.6 Å². The molecule has 0 saturated carbocycles. The van der Waals surface area contributed by atoms with E-state index in [1.807, 2.05) is 6.92 Å². The summed E-state index contributed by atoms with van der Waals surface area (Å²) in [5.41, 5.74) is 0.270. The van der Waals surface area contributed by atoms with Crippen LogP contribution in [0.5, 0.6) is 0 Å². The SMILES string of the molecule is COC(=O)/C=C/c1cc(F)c(C2c3ccc(NC(C)=O)c(C=N)c3CC(C)N2CC(C)(C)F)c(F)c1. The van der Waals surface area contributed by atoms with E-state index in [-0.39, 0.29) is 29.6 Å². The van der Waals surface area contributed by atoms with Gasteiger partial charge in [-0.15, -0.1) is 0 Å². The first-order valence-corrected chi connectivity index (χ1v) is 11.5. The van der Waals surface area contributed by atoms with Crippen molar-refractivity contribution in [3.8, 4) is 0 Å². The summed E-state index contributed by atoms with van der Waals surface area (Å²) < 4.78 is 50.5. The number of anilines is 1. The number of carbonyl (C=O) groups excluding carboxylic acids is 2. The van der Waals surface area contributed by atoms with Crippen molar-refractivity contribution in [3.05, 3.63) is 69.8 Å². The summed E-state index contributed by atoms with van der Waals surface area (Å²) in [6, 6.07) is 4.15. The number of methoxy groups -OCH3 is 1. The van der Waals surface area contributed by atoms with Crippen molar-refractivity contribution in [2.75, 3.05) is 19.0 Å². The number of nitrogens with zero attached hydrogens (tertiary/aromatic N) is 1. The van der Waals surface area contributed by atoms with Crippen molar-refractivity contribution >= 4 is 29.9 Å². The zero-order chi connectivity index (χ0) is 26.8. The number of carbonyl (C=O) groups is 2. The number of hydrogen-bond donors (Lipinski definition) is 2. The van der Waals surface area contributed by atoms with Crippen LogP contribution in [0, 0.1) is 17.0 Å². The highest BCUT2D eigenvalue weighted by Gasteiger charge is 2.40. The van der Waals surface area contributed by atoms with Gasteiger partial charge in [0.2, 0.25) is 5.91 Å². The molecule has 1 amide bonds. The van der Waals surface area contributed by atoms with E-state index in [0.717, 1.165) is 24.4 Å². The number of nitrogens with one attached hydrogen (secondary N) is 2. The maximum atomic E-state index is 15.6. The molecule has 0 spiro atoms. The number of benzene rings is 2. The van der Waals surface area contributed by atoms with E-state index in [9.17, 15) is 14.0 Å². The second-order valence-corrected chi connectivity index (χ2v) is 9.52. The maximum absolute atomic E-state index is 15.6. The van der Waals surface area contributed by atoms with Crippen molar-refractivity contribution in [2.45, 2.75) is 51.9 Å². The summed E-state index contributed by atoms with van der Waals surface area (Å²) in [5, 5.41) is 10.7. The van der Waals surface area contributed by atoms with Crippen LogP contribution in [-0.2, 0) is 20.7 Å². The molecule has 1 heterocycles. The number of fused-ring (bicyclic) bond motifs is 1. The van der Waals surface area contributed by atoms with E-state index in [1.54, 1.807) is 17.0 Å². The molecular weight excluding hydrogens is 471 g/mol. The van der Waals surface area contributed by atoms with Crippen molar-refractivity contribution in [3.63, 3.8) is 0 Å². The highest BCUT2D eigenvalue weighted by molar-refractivity contribution is 5.97. The lowest BCUT2D eigenvalue weighted by molar-refractivity contribution is -0.134. The van der Waals surface area contributed by atoms with Crippen LogP contribution in [0.2, 0.25) is 0 Å². The highest BCUT2D eigenvalue weighted by atomic mass is 19.1.